The maximum atomic E-state index is 15.4. The van der Waals surface area contributed by atoms with Gasteiger partial charge in [0.2, 0.25) is 5.91 Å². The molecule has 2 aliphatic heterocycles. The van der Waals surface area contributed by atoms with Crippen molar-refractivity contribution in [3.63, 3.8) is 0 Å². The minimum atomic E-state index is -0.790. The molecule has 0 aliphatic carbocycles. The summed E-state index contributed by atoms with van der Waals surface area (Å²) in [5.41, 5.74) is 2.20. The number of halogens is 2. The van der Waals surface area contributed by atoms with E-state index in [1.807, 2.05) is 25.3 Å². The van der Waals surface area contributed by atoms with Crippen LogP contribution in [0.5, 0.6) is 0 Å². The van der Waals surface area contributed by atoms with Gasteiger partial charge in [-0.15, -0.1) is 0 Å². The molecule has 1 atom stereocenters. The minimum Gasteiger partial charge on any atom is -0.453 e. The lowest BCUT2D eigenvalue weighted by atomic mass is 10.0. The van der Waals surface area contributed by atoms with Crippen LogP contribution in [0.15, 0.2) is 30.5 Å². The number of benzene rings is 1. The van der Waals surface area contributed by atoms with Crippen molar-refractivity contribution < 1.29 is 27.8 Å². The predicted molar refractivity (Wildman–Crippen MR) is 124 cm³/mol. The summed E-state index contributed by atoms with van der Waals surface area (Å²) in [4.78, 5) is 31.6. The smallest absolute Gasteiger partial charge is 0.409 e. The fourth-order valence-electron chi connectivity index (χ4n) is 4.81. The Bertz CT molecular complexity index is 1290. The molecule has 35 heavy (non-hydrogen) atoms. The molecule has 2 saturated heterocycles. The summed E-state index contributed by atoms with van der Waals surface area (Å²) in [6.45, 7) is 3.36. The standard InChI is InChI=1S/C25H26F2N4O4/c1-15-5-7-31-20(13-17-14-29(8-9-35-17)25(33)34-2)24(28-21(31)10-15)23-18(26)11-16(12-19(23)27)30-6-3-4-22(30)32/h5,7,10-12,17H,3-4,6,8-9,13-14H2,1-2H3/t17-/m0/s1. The number of hydrogen-bond donors (Lipinski definition) is 0. The average molecular weight is 485 g/mol. The van der Waals surface area contributed by atoms with Gasteiger partial charge in [0.15, 0.2) is 0 Å². The van der Waals surface area contributed by atoms with E-state index in [1.165, 1.54) is 24.1 Å². The second-order valence-electron chi connectivity index (χ2n) is 8.89. The number of carbonyl (C=O) groups is 2. The number of ether oxygens (including phenoxy) is 2. The summed E-state index contributed by atoms with van der Waals surface area (Å²) in [7, 11) is 1.32. The summed E-state index contributed by atoms with van der Waals surface area (Å²) in [5.74, 6) is -1.73. The van der Waals surface area contributed by atoms with Crippen LogP contribution in [-0.4, -0.2) is 65.7 Å². The fraction of sp³-hybridized carbons (Fsp3) is 0.400. The highest BCUT2D eigenvalue weighted by Crippen LogP contribution is 2.34. The molecule has 1 aromatic carbocycles. The maximum absolute atomic E-state index is 15.4. The van der Waals surface area contributed by atoms with Crippen LogP contribution in [0.4, 0.5) is 19.3 Å². The van der Waals surface area contributed by atoms with Crippen molar-refractivity contribution in [2.24, 2.45) is 0 Å². The second-order valence-corrected chi connectivity index (χ2v) is 8.89. The SMILES string of the molecule is COC(=O)N1CCO[C@@H](Cc2c(-c3c(F)cc(N4CCCC4=O)cc3F)nc3cc(C)ccn23)C1. The predicted octanol–water partition coefficient (Wildman–Crippen LogP) is 3.72. The Kier molecular flexibility index (Phi) is 6.14. The summed E-state index contributed by atoms with van der Waals surface area (Å²) in [6.07, 6.45) is 2.25. The van der Waals surface area contributed by atoms with Crippen LogP contribution in [-0.2, 0) is 20.7 Å². The first-order valence-electron chi connectivity index (χ1n) is 11.6. The minimum absolute atomic E-state index is 0.148. The largest absolute Gasteiger partial charge is 0.453 e. The number of nitrogens with zero attached hydrogens (tertiary/aromatic N) is 4. The lowest BCUT2D eigenvalue weighted by Gasteiger charge is -2.32. The third-order valence-corrected chi connectivity index (χ3v) is 6.52. The van der Waals surface area contributed by atoms with E-state index in [2.05, 4.69) is 4.98 Å². The van der Waals surface area contributed by atoms with Crippen LogP contribution < -0.4 is 4.90 Å². The monoisotopic (exact) mass is 484 g/mol. The first kappa shape index (κ1) is 23.2. The van der Waals surface area contributed by atoms with Gasteiger partial charge in [-0.3, -0.25) is 4.79 Å². The fourth-order valence-corrected chi connectivity index (χ4v) is 4.81. The van der Waals surface area contributed by atoms with Gasteiger partial charge in [-0.05, 0) is 43.2 Å². The van der Waals surface area contributed by atoms with Gasteiger partial charge in [0.25, 0.3) is 0 Å². The Morgan fingerprint density at radius 2 is 2.00 bits per heavy atom. The molecule has 3 aromatic rings. The molecule has 4 heterocycles. The molecule has 2 amide bonds. The number of anilines is 1. The van der Waals surface area contributed by atoms with Gasteiger partial charge < -0.3 is 23.7 Å². The highest BCUT2D eigenvalue weighted by atomic mass is 19.1. The lowest BCUT2D eigenvalue weighted by molar-refractivity contribution is -0.117. The van der Waals surface area contributed by atoms with E-state index in [1.54, 1.807) is 9.30 Å². The number of methoxy groups -OCH3 is 1. The number of morpholine rings is 1. The Hall–Kier alpha value is -3.53. The maximum Gasteiger partial charge on any atom is 0.409 e. The molecule has 0 N–H and O–H groups in total. The van der Waals surface area contributed by atoms with Gasteiger partial charge in [0.05, 0.1) is 43.3 Å². The Balaban J connectivity index is 1.56. The molecule has 0 bridgehead atoms. The van der Waals surface area contributed by atoms with Crippen molar-refractivity contribution in [2.75, 3.05) is 38.3 Å². The van der Waals surface area contributed by atoms with Crippen molar-refractivity contribution in [3.05, 3.63) is 53.4 Å². The number of aryl methyl sites for hydroxylation is 1. The van der Waals surface area contributed by atoms with Gasteiger partial charge in [-0.25, -0.2) is 18.6 Å². The van der Waals surface area contributed by atoms with Crippen molar-refractivity contribution in [2.45, 2.75) is 32.3 Å². The van der Waals surface area contributed by atoms with Crippen LogP contribution in [0.3, 0.4) is 0 Å². The van der Waals surface area contributed by atoms with Crippen LogP contribution in [0, 0.1) is 18.6 Å². The Labute approximate surface area is 201 Å². The van der Waals surface area contributed by atoms with Crippen LogP contribution in [0.25, 0.3) is 16.9 Å². The molecule has 2 aromatic heterocycles. The van der Waals surface area contributed by atoms with Gasteiger partial charge >= 0.3 is 6.09 Å². The highest BCUT2D eigenvalue weighted by molar-refractivity contribution is 5.95. The molecule has 184 valence electrons. The van der Waals surface area contributed by atoms with Gasteiger partial charge in [-0.1, -0.05) is 0 Å². The van der Waals surface area contributed by atoms with E-state index in [4.69, 9.17) is 9.47 Å². The van der Waals surface area contributed by atoms with Crippen molar-refractivity contribution in [1.82, 2.24) is 14.3 Å². The van der Waals surface area contributed by atoms with E-state index in [9.17, 15) is 9.59 Å². The Morgan fingerprint density at radius 3 is 2.69 bits per heavy atom. The third-order valence-electron chi connectivity index (χ3n) is 6.52. The third kappa shape index (κ3) is 4.34. The normalized spacial score (nSPS) is 18.5. The molecule has 0 unspecified atom stereocenters. The van der Waals surface area contributed by atoms with Crippen LogP contribution >= 0.6 is 0 Å². The van der Waals surface area contributed by atoms with E-state index < -0.39 is 23.8 Å². The number of rotatable bonds is 4. The molecular weight excluding hydrogens is 458 g/mol. The number of hydrogen-bond acceptors (Lipinski definition) is 5. The quantitative estimate of drug-likeness (QED) is 0.564. The van der Waals surface area contributed by atoms with Gasteiger partial charge in [-0.2, -0.15) is 0 Å². The molecule has 0 saturated carbocycles. The van der Waals surface area contributed by atoms with E-state index in [0.29, 0.717) is 43.9 Å². The molecule has 0 spiro atoms. The van der Waals surface area contributed by atoms with Crippen molar-refractivity contribution in [1.29, 1.82) is 0 Å². The number of fused-ring (bicyclic) bond motifs is 1. The van der Waals surface area contributed by atoms with Crippen molar-refractivity contribution in [3.8, 4) is 11.3 Å². The zero-order chi connectivity index (χ0) is 24.7. The van der Waals surface area contributed by atoms with E-state index in [-0.39, 0.29) is 35.8 Å². The number of pyridine rings is 1. The molecule has 2 fully saturated rings. The Morgan fingerprint density at radius 1 is 1.23 bits per heavy atom. The summed E-state index contributed by atoms with van der Waals surface area (Å²) < 4.78 is 43.4. The molecule has 8 nitrogen and oxygen atoms in total. The lowest BCUT2D eigenvalue weighted by Crippen LogP contribution is -2.46. The molecular formula is C25H26F2N4O4. The van der Waals surface area contributed by atoms with E-state index in [0.717, 1.165) is 5.56 Å². The molecule has 2 aliphatic rings. The number of aromatic nitrogens is 2. The second kappa shape index (κ2) is 9.26. The molecule has 5 rings (SSSR count). The van der Waals surface area contributed by atoms with Gasteiger partial charge in [0, 0.05) is 37.8 Å². The zero-order valence-corrected chi connectivity index (χ0v) is 19.6. The van der Waals surface area contributed by atoms with E-state index >= 15 is 8.78 Å². The summed E-state index contributed by atoms with van der Waals surface area (Å²) in [6, 6.07) is 6.11. The topological polar surface area (TPSA) is 76.4 Å². The van der Waals surface area contributed by atoms with Crippen LogP contribution in [0.2, 0.25) is 0 Å². The first-order valence-corrected chi connectivity index (χ1v) is 11.6. The van der Waals surface area contributed by atoms with Gasteiger partial charge in [0.1, 0.15) is 17.3 Å². The zero-order valence-electron chi connectivity index (χ0n) is 19.6. The van der Waals surface area contributed by atoms with Crippen LogP contribution in [0.1, 0.15) is 24.1 Å². The summed E-state index contributed by atoms with van der Waals surface area (Å²) >= 11 is 0. The first-order chi connectivity index (χ1) is 16.9. The van der Waals surface area contributed by atoms with Crippen molar-refractivity contribution >= 4 is 23.3 Å². The average Bonchev–Trinajstić information content (AvgIpc) is 3.41. The summed E-state index contributed by atoms with van der Waals surface area (Å²) in [5, 5.41) is 0. The number of amides is 2. The number of carbonyl (C=O) groups excluding carboxylic acids is 2. The molecule has 10 heteroatoms. The highest BCUT2D eigenvalue weighted by Gasteiger charge is 2.30. The number of imidazole rings is 1. The molecule has 0 radical (unpaired) electrons.